The highest BCUT2D eigenvalue weighted by molar-refractivity contribution is 7.12. The van der Waals surface area contributed by atoms with Crippen molar-refractivity contribution in [3.63, 3.8) is 0 Å². The number of nitrogens with zero attached hydrogens (tertiary/aromatic N) is 1. The van der Waals surface area contributed by atoms with Crippen LogP contribution in [0.15, 0.2) is 0 Å². The summed E-state index contributed by atoms with van der Waals surface area (Å²) >= 11 is 1.99. The average molecular weight is 264 g/mol. The van der Waals surface area contributed by atoms with Gasteiger partial charge in [-0.1, -0.05) is 19.8 Å². The monoisotopic (exact) mass is 264 g/mol. The maximum Gasteiger partial charge on any atom is 0.113 e. The van der Waals surface area contributed by atoms with E-state index in [1.165, 1.54) is 62.1 Å². The summed E-state index contributed by atoms with van der Waals surface area (Å²) in [6.45, 7) is 2.40. The van der Waals surface area contributed by atoms with Crippen molar-refractivity contribution < 1.29 is 0 Å². The van der Waals surface area contributed by atoms with E-state index in [1.807, 2.05) is 11.3 Å². The lowest BCUT2D eigenvalue weighted by Crippen LogP contribution is -2.39. The van der Waals surface area contributed by atoms with Crippen LogP contribution in [0.4, 0.5) is 0 Å². The molecule has 100 valence electrons. The smallest absolute Gasteiger partial charge is 0.113 e. The van der Waals surface area contributed by atoms with Crippen molar-refractivity contribution in [2.75, 3.05) is 7.05 Å². The molecule has 0 saturated heterocycles. The van der Waals surface area contributed by atoms with Crippen LogP contribution in [0, 0.1) is 5.92 Å². The molecule has 18 heavy (non-hydrogen) atoms. The van der Waals surface area contributed by atoms with Crippen LogP contribution in [-0.2, 0) is 18.4 Å². The third kappa shape index (κ3) is 2.12. The first-order valence-electron chi connectivity index (χ1n) is 7.41. The number of aryl methyl sites for hydroxylation is 2. The third-order valence-electron chi connectivity index (χ3n) is 4.85. The first kappa shape index (κ1) is 12.6. The lowest BCUT2D eigenvalue weighted by Gasteiger charge is -2.30. The van der Waals surface area contributed by atoms with Crippen LogP contribution in [0.5, 0.6) is 0 Å². The fourth-order valence-corrected chi connectivity index (χ4v) is 4.88. The van der Waals surface area contributed by atoms with Crippen molar-refractivity contribution in [1.82, 2.24) is 10.3 Å². The van der Waals surface area contributed by atoms with Crippen molar-refractivity contribution in [3.8, 4) is 0 Å². The summed E-state index contributed by atoms with van der Waals surface area (Å²) in [6.07, 6.45) is 10.4. The molecular weight excluding hydrogens is 240 g/mol. The van der Waals surface area contributed by atoms with E-state index in [0.29, 0.717) is 0 Å². The Balaban J connectivity index is 1.89. The second-order valence-corrected chi connectivity index (χ2v) is 7.19. The summed E-state index contributed by atoms with van der Waals surface area (Å²) in [5, 5.41) is 5.01. The Kier molecular flexibility index (Phi) is 3.46. The summed E-state index contributed by atoms with van der Waals surface area (Å²) in [5.41, 5.74) is 1.58. The number of thiazole rings is 1. The van der Waals surface area contributed by atoms with E-state index >= 15 is 0 Å². The maximum atomic E-state index is 4.98. The highest BCUT2D eigenvalue weighted by atomic mass is 32.1. The van der Waals surface area contributed by atoms with Gasteiger partial charge in [-0.2, -0.15) is 0 Å². The van der Waals surface area contributed by atoms with E-state index < -0.39 is 0 Å². The summed E-state index contributed by atoms with van der Waals surface area (Å²) < 4.78 is 0. The molecule has 1 aromatic heterocycles. The highest BCUT2D eigenvalue weighted by Crippen LogP contribution is 2.41. The van der Waals surface area contributed by atoms with Crippen molar-refractivity contribution in [2.24, 2.45) is 5.92 Å². The van der Waals surface area contributed by atoms with Gasteiger partial charge in [-0.3, -0.25) is 0 Å². The molecule has 1 heterocycles. The van der Waals surface area contributed by atoms with Crippen LogP contribution in [0.3, 0.4) is 0 Å². The summed E-state index contributed by atoms with van der Waals surface area (Å²) in [5.74, 6) is 0.882. The van der Waals surface area contributed by atoms with Gasteiger partial charge in [-0.15, -0.1) is 11.3 Å². The van der Waals surface area contributed by atoms with E-state index in [-0.39, 0.29) is 5.54 Å². The number of fused-ring (bicyclic) bond motifs is 1. The van der Waals surface area contributed by atoms with E-state index in [0.717, 1.165) is 5.92 Å². The van der Waals surface area contributed by atoms with Gasteiger partial charge in [-0.05, 0) is 51.5 Å². The van der Waals surface area contributed by atoms with Crippen LogP contribution >= 0.6 is 11.3 Å². The molecule has 0 radical (unpaired) electrons. The molecular formula is C15H24N2S. The van der Waals surface area contributed by atoms with Gasteiger partial charge in [0, 0.05) is 4.88 Å². The molecule has 0 aromatic carbocycles. The number of nitrogens with one attached hydrogen (secondary N) is 1. The highest BCUT2D eigenvalue weighted by Gasteiger charge is 2.36. The average Bonchev–Trinajstić information content (AvgIpc) is 2.89. The van der Waals surface area contributed by atoms with Crippen molar-refractivity contribution in [3.05, 3.63) is 15.6 Å². The van der Waals surface area contributed by atoms with Crippen LogP contribution in [0.2, 0.25) is 0 Å². The van der Waals surface area contributed by atoms with Crippen LogP contribution < -0.4 is 5.32 Å². The zero-order chi connectivity index (χ0) is 12.6. The van der Waals surface area contributed by atoms with Gasteiger partial charge < -0.3 is 5.32 Å². The molecule has 2 unspecified atom stereocenters. The Labute approximate surface area is 114 Å². The molecule has 0 amide bonds. The predicted molar refractivity (Wildman–Crippen MR) is 77.1 cm³/mol. The first-order valence-corrected chi connectivity index (χ1v) is 8.23. The molecule has 3 heteroatoms. The van der Waals surface area contributed by atoms with Gasteiger partial charge in [0.15, 0.2) is 0 Å². The van der Waals surface area contributed by atoms with Gasteiger partial charge in [0.2, 0.25) is 0 Å². The Morgan fingerprint density at radius 1 is 1.22 bits per heavy atom. The Bertz CT molecular complexity index is 405. The van der Waals surface area contributed by atoms with Crippen molar-refractivity contribution >= 4 is 11.3 Å². The lowest BCUT2D eigenvalue weighted by molar-refractivity contribution is 0.308. The van der Waals surface area contributed by atoms with E-state index in [1.54, 1.807) is 4.88 Å². The first-order chi connectivity index (χ1) is 8.73. The van der Waals surface area contributed by atoms with E-state index in [9.17, 15) is 0 Å². The molecule has 0 bridgehead atoms. The second kappa shape index (κ2) is 4.93. The fraction of sp³-hybridized carbons (Fsp3) is 0.800. The van der Waals surface area contributed by atoms with E-state index in [2.05, 4.69) is 19.3 Å². The third-order valence-corrected chi connectivity index (χ3v) is 6.21. The number of hydrogen-bond acceptors (Lipinski definition) is 3. The molecule has 2 aliphatic rings. The Morgan fingerprint density at radius 2 is 2.11 bits per heavy atom. The summed E-state index contributed by atoms with van der Waals surface area (Å²) in [7, 11) is 2.13. The molecule has 1 fully saturated rings. The molecule has 2 aliphatic carbocycles. The molecule has 3 rings (SSSR count). The topological polar surface area (TPSA) is 24.9 Å². The van der Waals surface area contributed by atoms with Gasteiger partial charge in [-0.25, -0.2) is 4.98 Å². The number of hydrogen-bond donors (Lipinski definition) is 1. The minimum absolute atomic E-state index is 0.180. The van der Waals surface area contributed by atoms with Crippen molar-refractivity contribution in [1.29, 1.82) is 0 Å². The summed E-state index contributed by atoms with van der Waals surface area (Å²) in [4.78, 5) is 6.55. The van der Waals surface area contributed by atoms with Crippen molar-refractivity contribution in [2.45, 2.75) is 63.8 Å². The quantitative estimate of drug-likeness (QED) is 0.825. The molecule has 0 aliphatic heterocycles. The molecule has 2 atom stereocenters. The predicted octanol–water partition coefficient (Wildman–Crippen LogP) is 3.65. The SMILES string of the molecule is CNC1(c2nc3c(s2)CCC3)CCCC(C)CC1. The molecule has 1 aromatic rings. The maximum absolute atomic E-state index is 4.98. The largest absolute Gasteiger partial charge is 0.308 e. The van der Waals surface area contributed by atoms with E-state index in [4.69, 9.17) is 4.98 Å². The fourth-order valence-electron chi connectivity index (χ4n) is 3.48. The zero-order valence-electron chi connectivity index (χ0n) is 11.6. The van der Waals surface area contributed by atoms with Gasteiger partial charge >= 0.3 is 0 Å². The number of rotatable bonds is 2. The minimum Gasteiger partial charge on any atom is -0.308 e. The van der Waals surface area contributed by atoms with Gasteiger partial charge in [0.25, 0.3) is 0 Å². The molecule has 0 spiro atoms. The van der Waals surface area contributed by atoms with Crippen LogP contribution in [0.25, 0.3) is 0 Å². The molecule has 1 N–H and O–H groups in total. The Hall–Kier alpha value is -0.410. The van der Waals surface area contributed by atoms with Crippen LogP contribution in [0.1, 0.15) is 61.0 Å². The second-order valence-electron chi connectivity index (χ2n) is 6.11. The van der Waals surface area contributed by atoms with Gasteiger partial charge in [0.05, 0.1) is 11.2 Å². The normalized spacial score (nSPS) is 32.2. The number of aromatic nitrogens is 1. The lowest BCUT2D eigenvalue weighted by atomic mass is 9.90. The van der Waals surface area contributed by atoms with Crippen LogP contribution in [-0.4, -0.2) is 12.0 Å². The summed E-state index contributed by atoms with van der Waals surface area (Å²) in [6, 6.07) is 0. The zero-order valence-corrected chi connectivity index (χ0v) is 12.4. The minimum atomic E-state index is 0.180. The standard InChI is InChI=1S/C15H24N2S/c1-11-5-4-9-15(16-2,10-8-11)14-17-12-6-3-7-13(12)18-14/h11,16H,3-10H2,1-2H3. The Morgan fingerprint density at radius 3 is 2.89 bits per heavy atom. The molecule has 1 saturated carbocycles. The molecule has 2 nitrogen and oxygen atoms in total. The van der Waals surface area contributed by atoms with Gasteiger partial charge in [0.1, 0.15) is 5.01 Å².